The zero-order valence-corrected chi connectivity index (χ0v) is 19.2. The highest BCUT2D eigenvalue weighted by atomic mass is 32.2. The smallest absolute Gasteiger partial charge is 0.308 e. The van der Waals surface area contributed by atoms with Crippen LogP contribution in [0.25, 0.3) is 32.9 Å². The third-order valence-electron chi connectivity index (χ3n) is 5.92. The van der Waals surface area contributed by atoms with Crippen molar-refractivity contribution in [3.05, 3.63) is 65.5 Å². The Morgan fingerprint density at radius 3 is 2.57 bits per heavy atom. The molecule has 1 aliphatic heterocycles. The fraction of sp³-hybridized carbons (Fsp3) is 0.120. The molecular formula is C25H18FN3O5S. The van der Waals surface area contributed by atoms with Crippen molar-refractivity contribution in [1.82, 2.24) is 9.88 Å². The predicted molar refractivity (Wildman–Crippen MR) is 130 cm³/mol. The second-order valence-electron chi connectivity index (χ2n) is 7.94. The first-order chi connectivity index (χ1) is 16.8. The van der Waals surface area contributed by atoms with Gasteiger partial charge >= 0.3 is 5.91 Å². The molecule has 4 aromatic rings. The average Bonchev–Trinajstić information content (AvgIpc) is 3.22. The molecule has 3 N–H and O–H groups in total. The van der Waals surface area contributed by atoms with E-state index >= 15 is 0 Å². The maximum Gasteiger partial charge on any atom is 0.308 e. The highest BCUT2D eigenvalue weighted by molar-refractivity contribution is 8.15. The summed E-state index contributed by atoms with van der Waals surface area (Å²) in [6, 6.07) is 12.7. The number of carbonyl (C=O) groups excluding carboxylic acids is 4. The zero-order chi connectivity index (χ0) is 24.9. The number of ether oxygens (including phenoxy) is 1. The molecule has 2 heterocycles. The molecule has 0 spiro atoms. The molecule has 0 atom stereocenters. The van der Waals surface area contributed by atoms with Crippen molar-refractivity contribution < 1.29 is 28.3 Å². The molecule has 0 unspecified atom stereocenters. The van der Waals surface area contributed by atoms with E-state index in [0.29, 0.717) is 38.7 Å². The van der Waals surface area contributed by atoms with Crippen molar-refractivity contribution in [3.63, 3.8) is 0 Å². The molecule has 5 rings (SSSR count). The number of thioether (sulfide) groups is 1. The number of imide groups is 1. The lowest BCUT2D eigenvalue weighted by atomic mass is 9.98. The second-order valence-corrected chi connectivity index (χ2v) is 9.01. The van der Waals surface area contributed by atoms with Crippen molar-refractivity contribution in [2.24, 2.45) is 5.73 Å². The van der Waals surface area contributed by atoms with Crippen LogP contribution in [0.2, 0.25) is 0 Å². The van der Waals surface area contributed by atoms with Gasteiger partial charge in [-0.05, 0) is 47.5 Å². The molecule has 1 fully saturated rings. The van der Waals surface area contributed by atoms with Gasteiger partial charge in [-0.3, -0.25) is 24.1 Å². The van der Waals surface area contributed by atoms with Crippen molar-refractivity contribution in [2.45, 2.75) is 0 Å². The van der Waals surface area contributed by atoms with E-state index in [2.05, 4.69) is 4.98 Å². The summed E-state index contributed by atoms with van der Waals surface area (Å²) in [5.41, 5.74) is 8.17. The number of hydrogen-bond donors (Lipinski definition) is 2. The van der Waals surface area contributed by atoms with Crippen LogP contribution in [0.4, 0.5) is 4.39 Å². The summed E-state index contributed by atoms with van der Waals surface area (Å²) in [7, 11) is 1.37. The first-order valence-electron chi connectivity index (χ1n) is 10.5. The number of aromatic amines is 1. The van der Waals surface area contributed by atoms with Gasteiger partial charge in [-0.1, -0.05) is 23.9 Å². The SMILES string of the molecule is COc1ccc(-c2cc(C(N)=O)c3[nH]c4cc(C(=O)N5CCSC(=O)C5=O)ccc4c3c2)cc1F. The number of nitrogens with one attached hydrogen (secondary N) is 1. The maximum atomic E-state index is 14.3. The van der Waals surface area contributed by atoms with E-state index in [4.69, 9.17) is 10.5 Å². The van der Waals surface area contributed by atoms with Crippen molar-refractivity contribution in [3.8, 4) is 16.9 Å². The maximum absolute atomic E-state index is 14.3. The van der Waals surface area contributed by atoms with E-state index in [0.717, 1.165) is 16.7 Å². The Bertz CT molecular complexity index is 1580. The zero-order valence-electron chi connectivity index (χ0n) is 18.4. The minimum absolute atomic E-state index is 0.0988. The van der Waals surface area contributed by atoms with Crippen LogP contribution < -0.4 is 10.5 Å². The number of rotatable bonds is 4. The molecule has 35 heavy (non-hydrogen) atoms. The fourth-order valence-electron chi connectivity index (χ4n) is 4.20. The number of nitrogens with zero attached hydrogens (tertiary/aromatic N) is 1. The number of nitrogens with two attached hydrogens (primary N) is 1. The Morgan fingerprint density at radius 2 is 1.86 bits per heavy atom. The van der Waals surface area contributed by atoms with Gasteiger partial charge in [-0.2, -0.15) is 0 Å². The van der Waals surface area contributed by atoms with Gasteiger partial charge < -0.3 is 15.5 Å². The number of aromatic nitrogens is 1. The van der Waals surface area contributed by atoms with Crippen molar-refractivity contribution in [1.29, 1.82) is 0 Å². The number of carbonyl (C=O) groups is 4. The van der Waals surface area contributed by atoms with Crippen LogP contribution in [0.15, 0.2) is 48.5 Å². The highest BCUT2D eigenvalue weighted by Crippen LogP contribution is 2.34. The van der Waals surface area contributed by atoms with Crippen molar-refractivity contribution in [2.75, 3.05) is 19.4 Å². The predicted octanol–water partition coefficient (Wildman–Crippen LogP) is 3.48. The molecule has 10 heteroatoms. The third-order valence-corrected chi connectivity index (χ3v) is 6.74. The van der Waals surface area contributed by atoms with Gasteiger partial charge in [0.15, 0.2) is 11.6 Å². The molecule has 8 nitrogen and oxygen atoms in total. The van der Waals surface area contributed by atoms with Gasteiger partial charge in [0.1, 0.15) is 0 Å². The fourth-order valence-corrected chi connectivity index (χ4v) is 4.89. The topological polar surface area (TPSA) is 123 Å². The van der Waals surface area contributed by atoms with E-state index in [9.17, 15) is 23.6 Å². The van der Waals surface area contributed by atoms with E-state index in [1.165, 1.54) is 19.2 Å². The van der Waals surface area contributed by atoms with Crippen LogP contribution in [-0.4, -0.2) is 52.1 Å². The molecule has 0 aliphatic carbocycles. The number of methoxy groups -OCH3 is 1. The van der Waals surface area contributed by atoms with Gasteiger partial charge in [-0.15, -0.1) is 0 Å². The number of hydrogen-bond acceptors (Lipinski definition) is 6. The second kappa shape index (κ2) is 8.55. The Labute approximate surface area is 202 Å². The summed E-state index contributed by atoms with van der Waals surface area (Å²) in [6.45, 7) is 0.145. The van der Waals surface area contributed by atoms with E-state index < -0.39 is 28.7 Å². The third kappa shape index (κ3) is 3.81. The molecule has 3 amide bonds. The molecule has 176 valence electrons. The quantitative estimate of drug-likeness (QED) is 0.333. The minimum atomic E-state index is -0.838. The Hall–Kier alpha value is -4.18. The molecule has 0 bridgehead atoms. The number of H-pyrrole nitrogens is 1. The largest absolute Gasteiger partial charge is 0.494 e. The number of amides is 3. The van der Waals surface area contributed by atoms with Crippen LogP contribution in [-0.2, 0) is 9.59 Å². The highest BCUT2D eigenvalue weighted by Gasteiger charge is 2.32. The normalized spacial score (nSPS) is 14.1. The Kier molecular flexibility index (Phi) is 5.52. The standard InChI is InChI=1S/C25H18FN3O5S/c1-34-20-5-3-12(10-18(20)26)14-8-16-15-4-2-13(23(31)29-6-7-35-25(33)24(29)32)11-19(15)28-21(16)17(9-14)22(27)30/h2-5,8-11,28H,6-7H2,1H3,(H2,27,30). The van der Waals surface area contributed by atoms with Gasteiger partial charge in [0, 0.05) is 34.2 Å². The monoisotopic (exact) mass is 491 g/mol. The van der Waals surface area contributed by atoms with Crippen molar-refractivity contribution >= 4 is 56.4 Å². The van der Waals surface area contributed by atoms with Crippen LogP contribution >= 0.6 is 11.8 Å². The summed E-state index contributed by atoms with van der Waals surface area (Å²) < 4.78 is 19.3. The number of primary amides is 1. The molecule has 0 saturated carbocycles. The first kappa shape index (κ1) is 22.6. The van der Waals surface area contributed by atoms with Gasteiger partial charge in [0.25, 0.3) is 16.9 Å². The lowest BCUT2D eigenvalue weighted by Crippen LogP contribution is -2.45. The molecule has 1 aliphatic rings. The number of fused-ring (bicyclic) bond motifs is 3. The van der Waals surface area contributed by atoms with Crippen LogP contribution in [0.1, 0.15) is 20.7 Å². The van der Waals surface area contributed by atoms with Gasteiger partial charge in [-0.25, -0.2) is 4.39 Å². The Morgan fingerprint density at radius 1 is 1.06 bits per heavy atom. The van der Waals surface area contributed by atoms with Gasteiger partial charge in [0.05, 0.1) is 18.2 Å². The van der Waals surface area contributed by atoms with E-state index in [1.54, 1.807) is 36.4 Å². The van der Waals surface area contributed by atoms with E-state index in [-0.39, 0.29) is 23.4 Å². The molecule has 1 aromatic heterocycles. The minimum Gasteiger partial charge on any atom is -0.494 e. The lowest BCUT2D eigenvalue weighted by Gasteiger charge is -2.23. The summed E-state index contributed by atoms with van der Waals surface area (Å²) in [5, 5.41) is 0.693. The summed E-state index contributed by atoms with van der Waals surface area (Å²) in [6.07, 6.45) is 0. The average molecular weight is 492 g/mol. The van der Waals surface area contributed by atoms with Crippen LogP contribution in [0.3, 0.4) is 0 Å². The summed E-state index contributed by atoms with van der Waals surface area (Å²) >= 11 is 0.892. The first-order valence-corrected chi connectivity index (χ1v) is 11.5. The molecule has 0 radical (unpaired) electrons. The molecular weight excluding hydrogens is 473 g/mol. The Balaban J connectivity index is 1.63. The molecule has 1 saturated heterocycles. The van der Waals surface area contributed by atoms with Gasteiger partial charge in [0.2, 0.25) is 0 Å². The number of halogens is 1. The van der Waals surface area contributed by atoms with Crippen LogP contribution in [0, 0.1) is 5.82 Å². The summed E-state index contributed by atoms with van der Waals surface area (Å²) in [4.78, 5) is 53.1. The van der Waals surface area contributed by atoms with Crippen LogP contribution in [0.5, 0.6) is 5.75 Å². The lowest BCUT2D eigenvalue weighted by molar-refractivity contribution is -0.138. The summed E-state index contributed by atoms with van der Waals surface area (Å²) in [5.74, 6) is -2.19. The molecule has 3 aromatic carbocycles. The number of benzene rings is 3. The van der Waals surface area contributed by atoms with E-state index in [1.807, 2.05) is 0 Å².